The molecule has 3 rings (SSSR count). The van der Waals surface area contributed by atoms with Crippen molar-refractivity contribution >= 4 is 22.5 Å². The van der Waals surface area contributed by atoms with Crippen molar-refractivity contribution in [2.45, 2.75) is 39.0 Å². The summed E-state index contributed by atoms with van der Waals surface area (Å²) >= 11 is 0. The average molecular weight is 286 g/mol. The lowest BCUT2D eigenvalue weighted by molar-refractivity contribution is -0.126. The zero-order valence-corrected chi connectivity index (χ0v) is 12.2. The molecule has 1 aliphatic carbocycles. The van der Waals surface area contributed by atoms with Crippen LogP contribution in [-0.4, -0.2) is 10.9 Å². The summed E-state index contributed by atoms with van der Waals surface area (Å²) in [4.78, 5) is 16.7. The Bertz CT molecular complexity index is 678. The highest BCUT2D eigenvalue weighted by Gasteiger charge is 2.34. The third-order valence-electron chi connectivity index (χ3n) is 4.41. The minimum Gasteiger partial charge on any atom is -0.324 e. The lowest BCUT2D eigenvalue weighted by Gasteiger charge is -2.31. The molecule has 0 unspecified atom stereocenters. The first kappa shape index (κ1) is 14.0. The van der Waals surface area contributed by atoms with Gasteiger partial charge in [0, 0.05) is 16.9 Å². The quantitative estimate of drug-likeness (QED) is 0.895. The number of carbonyl (C=O) groups is 1. The monoisotopic (exact) mass is 286 g/mol. The lowest BCUT2D eigenvalue weighted by Crippen LogP contribution is -2.35. The van der Waals surface area contributed by atoms with E-state index in [0.29, 0.717) is 11.2 Å². The molecule has 1 amide bonds. The Morgan fingerprint density at radius 2 is 2.00 bits per heavy atom. The Balaban J connectivity index is 1.81. The van der Waals surface area contributed by atoms with Gasteiger partial charge >= 0.3 is 0 Å². The van der Waals surface area contributed by atoms with Crippen molar-refractivity contribution in [3.05, 3.63) is 36.3 Å². The Morgan fingerprint density at radius 3 is 2.76 bits per heavy atom. The van der Waals surface area contributed by atoms with Crippen LogP contribution in [0.2, 0.25) is 0 Å². The first-order chi connectivity index (χ1) is 10.1. The normalized spacial score (nSPS) is 17.6. The number of hydrogen-bond donors (Lipinski definition) is 1. The van der Waals surface area contributed by atoms with E-state index in [9.17, 15) is 9.18 Å². The van der Waals surface area contributed by atoms with Crippen molar-refractivity contribution < 1.29 is 9.18 Å². The number of pyridine rings is 1. The summed E-state index contributed by atoms with van der Waals surface area (Å²) in [5.41, 5.74) is 0.985. The summed E-state index contributed by atoms with van der Waals surface area (Å²) in [5, 5.41) is 3.79. The molecule has 4 heteroatoms. The predicted octanol–water partition coefficient (Wildman–Crippen LogP) is 4.28. The molecule has 0 aliphatic heterocycles. The maximum absolute atomic E-state index is 13.1. The smallest absolute Gasteiger partial charge is 0.230 e. The summed E-state index contributed by atoms with van der Waals surface area (Å²) in [7, 11) is 0. The van der Waals surface area contributed by atoms with E-state index >= 15 is 0 Å². The van der Waals surface area contributed by atoms with Gasteiger partial charge < -0.3 is 5.32 Å². The van der Waals surface area contributed by atoms with Gasteiger partial charge in [0.25, 0.3) is 0 Å². The van der Waals surface area contributed by atoms with Gasteiger partial charge in [-0.05, 0) is 31.0 Å². The van der Waals surface area contributed by atoms with E-state index < -0.39 is 0 Å². The first-order valence-electron chi connectivity index (χ1n) is 7.44. The van der Waals surface area contributed by atoms with Crippen molar-refractivity contribution in [3.8, 4) is 0 Å². The summed E-state index contributed by atoms with van der Waals surface area (Å²) in [6.45, 7) is 2.03. The number of anilines is 1. The molecule has 1 aromatic carbocycles. The zero-order chi connectivity index (χ0) is 14.9. The van der Waals surface area contributed by atoms with E-state index in [0.717, 1.165) is 31.1 Å². The summed E-state index contributed by atoms with van der Waals surface area (Å²) < 4.78 is 13.1. The van der Waals surface area contributed by atoms with Crippen LogP contribution < -0.4 is 5.32 Å². The summed E-state index contributed by atoms with van der Waals surface area (Å²) in [6, 6.07) is 6.31. The summed E-state index contributed by atoms with van der Waals surface area (Å²) in [6.07, 6.45) is 6.90. The molecule has 0 atom stereocenters. The van der Waals surface area contributed by atoms with Gasteiger partial charge in [-0.3, -0.25) is 9.78 Å². The fourth-order valence-electron chi connectivity index (χ4n) is 3.00. The van der Waals surface area contributed by atoms with Gasteiger partial charge in [0.1, 0.15) is 5.82 Å². The van der Waals surface area contributed by atoms with Gasteiger partial charge in [0.2, 0.25) is 5.91 Å². The second-order valence-electron chi connectivity index (χ2n) is 6.14. The maximum Gasteiger partial charge on any atom is 0.230 e. The van der Waals surface area contributed by atoms with E-state index in [2.05, 4.69) is 10.3 Å². The topological polar surface area (TPSA) is 42.0 Å². The molecule has 1 N–H and O–H groups in total. The molecule has 0 radical (unpaired) electrons. The number of benzene rings is 1. The fraction of sp³-hybridized carbons (Fsp3) is 0.412. The number of fused-ring (bicyclic) bond motifs is 1. The molecule has 0 bridgehead atoms. The molecular weight excluding hydrogens is 267 g/mol. The molecule has 1 heterocycles. The highest BCUT2D eigenvalue weighted by atomic mass is 19.1. The highest BCUT2D eigenvalue weighted by Crippen LogP contribution is 2.36. The molecule has 0 spiro atoms. The van der Waals surface area contributed by atoms with Crippen LogP contribution in [0.5, 0.6) is 0 Å². The minimum atomic E-state index is -0.304. The van der Waals surface area contributed by atoms with Crippen molar-refractivity contribution in [2.75, 3.05) is 5.32 Å². The minimum absolute atomic E-state index is 0.0606. The predicted molar refractivity (Wildman–Crippen MR) is 81.5 cm³/mol. The van der Waals surface area contributed by atoms with Crippen LogP contribution in [0.15, 0.2) is 30.5 Å². The van der Waals surface area contributed by atoms with E-state index in [1.54, 1.807) is 12.3 Å². The van der Waals surface area contributed by atoms with Gasteiger partial charge in [-0.1, -0.05) is 26.2 Å². The standard InChI is InChI=1S/C17H19FN2O/c1-17(7-3-2-4-8-17)16(21)20-14-9-12-5-6-13(18)10-15(12)19-11-14/h5-6,9-11H,2-4,7-8H2,1H3,(H,20,21). The number of aromatic nitrogens is 1. The number of nitrogens with one attached hydrogen (secondary N) is 1. The number of nitrogens with zero attached hydrogens (tertiary/aromatic N) is 1. The molecule has 110 valence electrons. The number of carbonyl (C=O) groups excluding carboxylic acids is 1. The SMILES string of the molecule is CC1(C(=O)Nc2cnc3cc(F)ccc3c2)CCCCC1. The van der Waals surface area contributed by atoms with Crippen LogP contribution in [0.25, 0.3) is 10.9 Å². The second kappa shape index (κ2) is 5.43. The molecule has 3 nitrogen and oxygen atoms in total. The number of amides is 1. The van der Waals surface area contributed by atoms with E-state index in [4.69, 9.17) is 0 Å². The van der Waals surface area contributed by atoms with Crippen LogP contribution in [0.1, 0.15) is 39.0 Å². The molecular formula is C17H19FN2O. The van der Waals surface area contributed by atoms with Crippen LogP contribution in [0.3, 0.4) is 0 Å². The van der Waals surface area contributed by atoms with Crippen LogP contribution in [0, 0.1) is 11.2 Å². The average Bonchev–Trinajstić information content (AvgIpc) is 2.48. The van der Waals surface area contributed by atoms with E-state index in [1.165, 1.54) is 18.6 Å². The number of rotatable bonds is 2. The molecule has 2 aromatic rings. The maximum atomic E-state index is 13.1. The van der Waals surface area contributed by atoms with Crippen LogP contribution >= 0.6 is 0 Å². The van der Waals surface area contributed by atoms with Crippen molar-refractivity contribution in [1.82, 2.24) is 4.98 Å². The number of halogens is 1. The molecule has 1 aromatic heterocycles. The van der Waals surface area contributed by atoms with Crippen LogP contribution in [-0.2, 0) is 4.79 Å². The number of hydrogen-bond acceptors (Lipinski definition) is 2. The molecule has 21 heavy (non-hydrogen) atoms. The van der Waals surface area contributed by atoms with E-state index in [-0.39, 0.29) is 17.1 Å². The highest BCUT2D eigenvalue weighted by molar-refractivity contribution is 5.96. The van der Waals surface area contributed by atoms with Gasteiger partial charge in [0.15, 0.2) is 0 Å². The Labute approximate surface area is 123 Å². The Kier molecular flexibility index (Phi) is 3.62. The molecule has 1 fully saturated rings. The molecule has 1 aliphatic rings. The Morgan fingerprint density at radius 1 is 1.24 bits per heavy atom. The van der Waals surface area contributed by atoms with E-state index in [1.807, 2.05) is 13.0 Å². The van der Waals surface area contributed by atoms with Crippen molar-refractivity contribution in [1.29, 1.82) is 0 Å². The van der Waals surface area contributed by atoms with Gasteiger partial charge in [-0.25, -0.2) is 4.39 Å². The van der Waals surface area contributed by atoms with Crippen LogP contribution in [0.4, 0.5) is 10.1 Å². The van der Waals surface area contributed by atoms with Crippen molar-refractivity contribution in [3.63, 3.8) is 0 Å². The second-order valence-corrected chi connectivity index (χ2v) is 6.14. The molecule has 0 saturated heterocycles. The largest absolute Gasteiger partial charge is 0.324 e. The third-order valence-corrected chi connectivity index (χ3v) is 4.41. The first-order valence-corrected chi connectivity index (χ1v) is 7.44. The fourth-order valence-corrected chi connectivity index (χ4v) is 3.00. The van der Waals surface area contributed by atoms with Crippen molar-refractivity contribution in [2.24, 2.45) is 5.41 Å². The van der Waals surface area contributed by atoms with Gasteiger partial charge in [-0.15, -0.1) is 0 Å². The zero-order valence-electron chi connectivity index (χ0n) is 12.2. The lowest BCUT2D eigenvalue weighted by atomic mass is 9.75. The van der Waals surface area contributed by atoms with Gasteiger partial charge in [-0.2, -0.15) is 0 Å². The third kappa shape index (κ3) is 2.89. The van der Waals surface area contributed by atoms with Gasteiger partial charge in [0.05, 0.1) is 17.4 Å². The Hall–Kier alpha value is -1.97. The summed E-state index contributed by atoms with van der Waals surface area (Å²) in [5.74, 6) is -0.244. The molecule has 1 saturated carbocycles.